The minimum atomic E-state index is -4.40. The van der Waals surface area contributed by atoms with Crippen LogP contribution in [0.1, 0.15) is 11.1 Å². The zero-order valence-electron chi connectivity index (χ0n) is 15.9. The summed E-state index contributed by atoms with van der Waals surface area (Å²) >= 11 is 0. The molecule has 3 aromatic rings. The third-order valence-corrected chi connectivity index (χ3v) is 5.48. The molecule has 0 aliphatic heterocycles. The van der Waals surface area contributed by atoms with E-state index >= 15 is 0 Å². The fourth-order valence-electron chi connectivity index (χ4n) is 2.84. The van der Waals surface area contributed by atoms with Gasteiger partial charge in [-0.3, -0.25) is 4.68 Å². The van der Waals surface area contributed by atoms with Gasteiger partial charge in [0, 0.05) is 48.0 Å². The van der Waals surface area contributed by atoms with E-state index in [1.165, 1.54) is 25.3 Å². The first kappa shape index (κ1) is 20.9. The molecule has 29 heavy (non-hydrogen) atoms. The summed E-state index contributed by atoms with van der Waals surface area (Å²) in [5.74, 6) is 0. The highest BCUT2D eigenvalue weighted by Gasteiger charge is 2.30. The maximum absolute atomic E-state index is 12.8. The first-order chi connectivity index (χ1) is 13.5. The summed E-state index contributed by atoms with van der Waals surface area (Å²) in [6.45, 7) is 0. The van der Waals surface area contributed by atoms with Gasteiger partial charge in [0.2, 0.25) is 10.0 Å². The van der Waals surface area contributed by atoms with Crippen LogP contribution in [0.5, 0.6) is 0 Å². The first-order valence-electron chi connectivity index (χ1n) is 8.50. The van der Waals surface area contributed by atoms with Gasteiger partial charge in [0.05, 0.1) is 11.1 Å². The summed E-state index contributed by atoms with van der Waals surface area (Å²) in [5, 5.41) is 6.17. The van der Waals surface area contributed by atoms with Crippen molar-refractivity contribution in [2.24, 2.45) is 7.05 Å². The number of nitrogens with one attached hydrogen (secondary N) is 1. The van der Waals surface area contributed by atoms with Crippen LogP contribution < -0.4 is 9.62 Å². The van der Waals surface area contributed by atoms with Gasteiger partial charge in [-0.15, -0.1) is 0 Å². The van der Waals surface area contributed by atoms with E-state index in [-0.39, 0.29) is 0 Å². The summed E-state index contributed by atoms with van der Waals surface area (Å²) in [6, 6.07) is 8.39. The second-order valence-electron chi connectivity index (χ2n) is 6.43. The first-order valence-corrected chi connectivity index (χ1v) is 10.0. The van der Waals surface area contributed by atoms with Crippen LogP contribution in [0.15, 0.2) is 48.0 Å². The SMILES string of the molecule is CNS(=O)(=O)/C=C/c1cc(N(C)c2ccc(C(F)(F)F)cc2)cc2cn(C)nc12. The van der Waals surface area contributed by atoms with E-state index in [0.717, 1.165) is 22.9 Å². The number of aromatic nitrogens is 2. The molecule has 6 nitrogen and oxygen atoms in total. The smallest absolute Gasteiger partial charge is 0.345 e. The van der Waals surface area contributed by atoms with Crippen LogP contribution >= 0.6 is 0 Å². The molecule has 0 spiro atoms. The van der Waals surface area contributed by atoms with E-state index in [2.05, 4.69) is 9.82 Å². The minimum absolute atomic E-state index is 0.555. The third-order valence-electron chi connectivity index (χ3n) is 4.42. The molecule has 3 rings (SSSR count). The third kappa shape index (κ3) is 4.60. The van der Waals surface area contributed by atoms with Crippen LogP contribution in [0.2, 0.25) is 0 Å². The normalized spacial score (nSPS) is 12.8. The summed E-state index contributed by atoms with van der Waals surface area (Å²) in [5.41, 5.74) is 1.68. The van der Waals surface area contributed by atoms with Gasteiger partial charge in [-0.25, -0.2) is 13.1 Å². The highest BCUT2D eigenvalue weighted by Crippen LogP contribution is 2.33. The predicted molar refractivity (Wildman–Crippen MR) is 107 cm³/mol. The quantitative estimate of drug-likeness (QED) is 0.675. The van der Waals surface area contributed by atoms with Gasteiger partial charge >= 0.3 is 6.18 Å². The Balaban J connectivity index is 2.05. The van der Waals surface area contributed by atoms with Crippen molar-refractivity contribution in [1.82, 2.24) is 14.5 Å². The summed E-state index contributed by atoms with van der Waals surface area (Å²) in [7, 11) is 1.21. The van der Waals surface area contributed by atoms with E-state index in [1.807, 2.05) is 6.07 Å². The average Bonchev–Trinajstić information content (AvgIpc) is 3.05. The maximum atomic E-state index is 12.8. The number of anilines is 2. The van der Waals surface area contributed by atoms with Crippen LogP contribution in [-0.2, 0) is 23.2 Å². The molecule has 1 N–H and O–H groups in total. The summed E-state index contributed by atoms with van der Waals surface area (Å²) in [6.07, 6.45) is -1.18. The predicted octanol–water partition coefficient (Wildman–Crippen LogP) is 3.88. The van der Waals surface area contributed by atoms with Gasteiger partial charge < -0.3 is 4.90 Å². The molecule has 0 amide bonds. The Morgan fingerprint density at radius 1 is 1.14 bits per heavy atom. The number of rotatable bonds is 5. The van der Waals surface area contributed by atoms with Gasteiger partial charge in [0.25, 0.3) is 0 Å². The molecule has 0 aliphatic rings. The molecular weight excluding hydrogens is 405 g/mol. The highest BCUT2D eigenvalue weighted by molar-refractivity contribution is 7.92. The van der Waals surface area contributed by atoms with E-state index < -0.39 is 21.8 Å². The summed E-state index contributed by atoms with van der Waals surface area (Å²) in [4.78, 5) is 1.72. The monoisotopic (exact) mass is 424 g/mol. The van der Waals surface area contributed by atoms with Gasteiger partial charge in [-0.1, -0.05) is 0 Å². The molecule has 0 aliphatic carbocycles. The lowest BCUT2D eigenvalue weighted by molar-refractivity contribution is -0.137. The van der Waals surface area contributed by atoms with Crippen molar-refractivity contribution in [1.29, 1.82) is 0 Å². The number of fused-ring (bicyclic) bond motifs is 1. The van der Waals surface area contributed by atoms with Crippen LogP contribution in [0.25, 0.3) is 17.0 Å². The fourth-order valence-corrected chi connectivity index (χ4v) is 3.30. The molecule has 0 radical (unpaired) electrons. The molecule has 154 valence electrons. The fraction of sp³-hybridized carbons (Fsp3) is 0.211. The topological polar surface area (TPSA) is 67.2 Å². The number of sulfonamides is 1. The lowest BCUT2D eigenvalue weighted by Gasteiger charge is -2.21. The Morgan fingerprint density at radius 3 is 2.38 bits per heavy atom. The van der Waals surface area contributed by atoms with Crippen LogP contribution in [-0.4, -0.2) is 32.3 Å². The Morgan fingerprint density at radius 2 is 1.79 bits per heavy atom. The molecule has 1 aromatic heterocycles. The van der Waals surface area contributed by atoms with Gasteiger partial charge in [0.1, 0.15) is 0 Å². The number of halogens is 3. The van der Waals surface area contributed by atoms with Crippen molar-refractivity contribution < 1.29 is 21.6 Å². The number of hydrogen-bond acceptors (Lipinski definition) is 4. The van der Waals surface area contributed by atoms with Crippen molar-refractivity contribution >= 4 is 38.4 Å². The van der Waals surface area contributed by atoms with Gasteiger partial charge in [-0.2, -0.15) is 18.3 Å². The van der Waals surface area contributed by atoms with Crippen LogP contribution in [0.4, 0.5) is 24.5 Å². The van der Waals surface area contributed by atoms with Crippen molar-refractivity contribution in [3.8, 4) is 0 Å². The van der Waals surface area contributed by atoms with Gasteiger partial charge in [0.15, 0.2) is 0 Å². The lowest BCUT2D eigenvalue weighted by atomic mass is 10.1. The second kappa shape index (κ2) is 7.53. The van der Waals surface area contributed by atoms with Crippen LogP contribution in [0.3, 0.4) is 0 Å². The van der Waals surface area contributed by atoms with E-state index in [4.69, 9.17) is 0 Å². The minimum Gasteiger partial charge on any atom is -0.345 e. The molecule has 1 heterocycles. The van der Waals surface area contributed by atoms with Gasteiger partial charge in [-0.05, 0) is 49.5 Å². The second-order valence-corrected chi connectivity index (χ2v) is 8.20. The zero-order valence-corrected chi connectivity index (χ0v) is 16.7. The zero-order chi connectivity index (χ0) is 21.4. The van der Waals surface area contributed by atoms with Crippen molar-refractivity contribution in [3.05, 3.63) is 59.1 Å². The van der Waals surface area contributed by atoms with E-state index in [9.17, 15) is 21.6 Å². The lowest BCUT2D eigenvalue weighted by Crippen LogP contribution is -2.14. The van der Waals surface area contributed by atoms with Crippen molar-refractivity contribution in [3.63, 3.8) is 0 Å². The number of aryl methyl sites for hydroxylation is 1. The molecule has 0 fully saturated rings. The number of hydrogen-bond donors (Lipinski definition) is 1. The Bertz CT molecular complexity index is 1170. The number of alkyl halides is 3. The largest absolute Gasteiger partial charge is 0.416 e. The Hall–Kier alpha value is -2.85. The highest BCUT2D eigenvalue weighted by atomic mass is 32.2. The van der Waals surface area contributed by atoms with E-state index in [1.54, 1.807) is 35.9 Å². The summed E-state index contributed by atoms with van der Waals surface area (Å²) < 4.78 is 65.7. The molecule has 0 bridgehead atoms. The molecule has 0 atom stereocenters. The Kier molecular flexibility index (Phi) is 5.42. The number of benzene rings is 2. The molecule has 0 unspecified atom stereocenters. The molecule has 10 heteroatoms. The van der Waals surface area contributed by atoms with E-state index in [0.29, 0.717) is 22.5 Å². The van der Waals surface area contributed by atoms with Crippen LogP contribution in [0, 0.1) is 0 Å². The van der Waals surface area contributed by atoms with Crippen molar-refractivity contribution in [2.45, 2.75) is 6.18 Å². The standard InChI is InChI=1S/C19H19F3N4O2S/c1-23-29(27,28)9-8-13-10-17(11-14-12-25(2)24-18(13)14)26(3)16-6-4-15(5-7-16)19(20,21)22/h4-12,23H,1-3H3/b9-8+. The molecule has 0 saturated heterocycles. The average molecular weight is 424 g/mol. The molecule has 2 aromatic carbocycles. The maximum Gasteiger partial charge on any atom is 0.416 e. The molecular formula is C19H19F3N4O2S. The Labute approximate surface area is 166 Å². The molecule has 0 saturated carbocycles. The number of nitrogens with zero attached hydrogens (tertiary/aromatic N) is 3. The van der Waals surface area contributed by atoms with Crippen molar-refractivity contribution in [2.75, 3.05) is 19.0 Å².